The van der Waals surface area contributed by atoms with Gasteiger partial charge in [-0.15, -0.1) is 23.1 Å². The Balaban J connectivity index is 1.07. The van der Waals surface area contributed by atoms with Gasteiger partial charge in [-0.2, -0.15) is 0 Å². The fourth-order valence-electron chi connectivity index (χ4n) is 4.57. The van der Waals surface area contributed by atoms with Crippen LogP contribution in [-0.2, 0) is 36.2 Å². The summed E-state index contributed by atoms with van der Waals surface area (Å²) >= 11 is 3.11. The van der Waals surface area contributed by atoms with E-state index in [1.165, 1.54) is 46.2 Å². The molecule has 0 atom stereocenters. The van der Waals surface area contributed by atoms with Gasteiger partial charge >= 0.3 is 0 Å². The second kappa shape index (κ2) is 9.67. The lowest BCUT2D eigenvalue weighted by atomic mass is 9.97. The monoisotopic (exact) mass is 469 g/mol. The summed E-state index contributed by atoms with van der Waals surface area (Å²) in [4.78, 5) is 34.5. The zero-order valence-corrected chi connectivity index (χ0v) is 19.6. The number of fused-ring (bicyclic) bond motifs is 4. The van der Waals surface area contributed by atoms with Crippen LogP contribution < -0.4 is 15.6 Å². The second-order valence-electron chi connectivity index (χ2n) is 8.38. The van der Waals surface area contributed by atoms with E-state index >= 15 is 0 Å². The van der Waals surface area contributed by atoms with Crippen LogP contribution in [-0.4, -0.2) is 34.8 Å². The topological polar surface area (TPSA) is 84.1 Å². The zero-order chi connectivity index (χ0) is 21.9. The molecule has 2 N–H and O–H groups in total. The molecule has 0 unspecified atom stereocenters. The van der Waals surface area contributed by atoms with Gasteiger partial charge in [0.1, 0.15) is 23.0 Å². The van der Waals surface area contributed by atoms with E-state index in [1.807, 2.05) is 6.07 Å². The summed E-state index contributed by atoms with van der Waals surface area (Å²) in [5.41, 5.74) is 3.97. The molecular weight excluding hydrogens is 442 g/mol. The summed E-state index contributed by atoms with van der Waals surface area (Å²) in [6.07, 6.45) is 7.87. The van der Waals surface area contributed by atoms with E-state index in [0.29, 0.717) is 30.5 Å². The van der Waals surface area contributed by atoms with Gasteiger partial charge in [0.15, 0.2) is 0 Å². The fourth-order valence-corrected chi connectivity index (χ4v) is 6.57. The highest BCUT2D eigenvalue weighted by atomic mass is 32.2. The maximum absolute atomic E-state index is 12.6. The molecule has 2 heterocycles. The smallest absolute Gasteiger partial charge is 0.259 e. The van der Waals surface area contributed by atoms with E-state index in [-0.39, 0.29) is 11.5 Å². The summed E-state index contributed by atoms with van der Waals surface area (Å²) < 4.78 is 5.77. The van der Waals surface area contributed by atoms with Crippen molar-refractivity contribution in [2.45, 2.75) is 50.7 Å². The zero-order valence-electron chi connectivity index (χ0n) is 18.0. The number of rotatable bonds is 8. The average Bonchev–Trinajstić information content (AvgIpc) is 3.40. The SMILES string of the molecule is O=C(CSCc1nc2sc3c(c2c(=O)[nH]1)CCCC3)NCCOc1ccc2c(c1)CCC2. The standard InChI is InChI=1S/C24H27N3O3S2/c28-21(25-10-11-30-17-9-8-15-4-3-5-16(15)12-17)14-31-13-20-26-23(29)22-18-6-1-2-7-19(18)32-24(22)27-20/h8-9,12H,1-7,10-11,13-14H2,(H,25,28)(H,26,27,29). The molecule has 2 aliphatic rings. The Bertz CT molecular complexity index is 1200. The van der Waals surface area contributed by atoms with Gasteiger partial charge in [0.25, 0.3) is 5.56 Å². The number of thioether (sulfide) groups is 1. The van der Waals surface area contributed by atoms with Crippen molar-refractivity contribution in [3.63, 3.8) is 0 Å². The third kappa shape index (κ3) is 4.71. The largest absolute Gasteiger partial charge is 0.492 e. The fraction of sp³-hybridized carbons (Fsp3) is 0.458. The third-order valence-electron chi connectivity index (χ3n) is 6.11. The number of ether oxygens (including phenoxy) is 1. The minimum atomic E-state index is -0.0434. The molecule has 1 amide bonds. The van der Waals surface area contributed by atoms with E-state index in [2.05, 4.69) is 27.4 Å². The van der Waals surface area contributed by atoms with Gasteiger partial charge in [-0.1, -0.05) is 6.07 Å². The van der Waals surface area contributed by atoms with Crippen molar-refractivity contribution >= 4 is 39.2 Å². The molecule has 0 spiro atoms. The molecule has 0 radical (unpaired) electrons. The Labute approximate surface area is 195 Å². The average molecular weight is 470 g/mol. The first-order valence-corrected chi connectivity index (χ1v) is 13.3. The maximum Gasteiger partial charge on any atom is 0.259 e. The summed E-state index contributed by atoms with van der Waals surface area (Å²) in [6.45, 7) is 0.919. The number of benzene rings is 1. The molecule has 1 aromatic carbocycles. The number of aromatic nitrogens is 2. The first-order valence-electron chi connectivity index (χ1n) is 11.3. The van der Waals surface area contributed by atoms with Gasteiger partial charge in [-0.05, 0) is 73.8 Å². The highest BCUT2D eigenvalue weighted by Gasteiger charge is 2.19. The number of H-pyrrole nitrogens is 1. The van der Waals surface area contributed by atoms with Crippen LogP contribution >= 0.6 is 23.1 Å². The summed E-state index contributed by atoms with van der Waals surface area (Å²) in [5, 5.41) is 3.67. The molecule has 2 aliphatic carbocycles. The molecule has 0 fully saturated rings. The van der Waals surface area contributed by atoms with Gasteiger partial charge in [0.05, 0.1) is 23.4 Å². The van der Waals surface area contributed by atoms with Crippen molar-refractivity contribution < 1.29 is 9.53 Å². The van der Waals surface area contributed by atoms with Crippen LogP contribution in [0.15, 0.2) is 23.0 Å². The van der Waals surface area contributed by atoms with E-state index < -0.39 is 0 Å². The van der Waals surface area contributed by atoms with Crippen molar-refractivity contribution in [3.8, 4) is 5.75 Å². The van der Waals surface area contributed by atoms with Crippen molar-refractivity contribution in [1.29, 1.82) is 0 Å². The number of aromatic amines is 1. The van der Waals surface area contributed by atoms with Crippen LogP contribution in [0.4, 0.5) is 0 Å². The van der Waals surface area contributed by atoms with Crippen LogP contribution in [0.3, 0.4) is 0 Å². The first kappa shape index (κ1) is 21.5. The summed E-state index contributed by atoms with van der Waals surface area (Å²) in [6, 6.07) is 6.28. The van der Waals surface area contributed by atoms with Gasteiger partial charge in [0, 0.05) is 4.88 Å². The Morgan fingerprint density at radius 1 is 1.16 bits per heavy atom. The number of carbonyl (C=O) groups excluding carboxylic acids is 1. The van der Waals surface area contributed by atoms with Crippen LogP contribution in [0.2, 0.25) is 0 Å². The number of nitrogens with zero attached hydrogens (tertiary/aromatic N) is 1. The van der Waals surface area contributed by atoms with E-state index in [9.17, 15) is 9.59 Å². The molecule has 2 aromatic heterocycles. The Hall–Kier alpha value is -2.32. The minimum Gasteiger partial charge on any atom is -0.492 e. The lowest BCUT2D eigenvalue weighted by Crippen LogP contribution is -2.29. The van der Waals surface area contributed by atoms with Crippen LogP contribution in [0.25, 0.3) is 10.2 Å². The van der Waals surface area contributed by atoms with Crippen molar-refractivity contribution in [1.82, 2.24) is 15.3 Å². The Kier molecular flexibility index (Phi) is 6.50. The molecule has 0 saturated carbocycles. The molecule has 6 nitrogen and oxygen atoms in total. The number of nitrogens with one attached hydrogen (secondary N) is 2. The second-order valence-corrected chi connectivity index (χ2v) is 10.4. The summed E-state index contributed by atoms with van der Waals surface area (Å²) in [5.74, 6) is 2.30. The Morgan fingerprint density at radius 2 is 2.03 bits per heavy atom. The predicted molar refractivity (Wildman–Crippen MR) is 130 cm³/mol. The molecule has 32 heavy (non-hydrogen) atoms. The number of amides is 1. The molecule has 5 rings (SSSR count). The molecule has 0 aliphatic heterocycles. The van der Waals surface area contributed by atoms with Crippen molar-refractivity contribution in [2.24, 2.45) is 0 Å². The van der Waals surface area contributed by atoms with E-state index in [1.54, 1.807) is 11.3 Å². The molecule has 3 aromatic rings. The maximum atomic E-state index is 12.6. The van der Waals surface area contributed by atoms with Crippen LogP contribution in [0.5, 0.6) is 5.75 Å². The van der Waals surface area contributed by atoms with Gasteiger partial charge in [0.2, 0.25) is 5.91 Å². The highest BCUT2D eigenvalue weighted by molar-refractivity contribution is 7.99. The van der Waals surface area contributed by atoms with Gasteiger partial charge < -0.3 is 15.0 Å². The van der Waals surface area contributed by atoms with Gasteiger partial charge in [-0.25, -0.2) is 4.98 Å². The quantitative estimate of drug-likeness (QED) is 0.491. The van der Waals surface area contributed by atoms with Gasteiger partial charge in [-0.3, -0.25) is 9.59 Å². The number of carbonyl (C=O) groups is 1. The number of thiophene rings is 1. The number of aryl methyl sites for hydroxylation is 4. The van der Waals surface area contributed by atoms with E-state index in [0.717, 1.165) is 48.1 Å². The number of hydrogen-bond acceptors (Lipinski definition) is 6. The third-order valence-corrected chi connectivity index (χ3v) is 8.24. The Morgan fingerprint density at radius 3 is 2.97 bits per heavy atom. The highest BCUT2D eigenvalue weighted by Crippen LogP contribution is 2.33. The van der Waals surface area contributed by atoms with Crippen molar-refractivity contribution in [2.75, 3.05) is 18.9 Å². The summed E-state index contributed by atoms with van der Waals surface area (Å²) in [7, 11) is 0. The molecule has 0 saturated heterocycles. The molecule has 168 valence electrons. The first-order chi connectivity index (χ1) is 15.7. The normalized spacial score (nSPS) is 14.9. The van der Waals surface area contributed by atoms with Crippen molar-refractivity contribution in [3.05, 3.63) is 55.9 Å². The lowest BCUT2D eigenvalue weighted by molar-refractivity contribution is -0.118. The lowest BCUT2D eigenvalue weighted by Gasteiger charge is -2.09. The molecular formula is C24H27N3O3S2. The van der Waals surface area contributed by atoms with E-state index in [4.69, 9.17) is 4.74 Å². The minimum absolute atomic E-state index is 0.0393. The predicted octanol–water partition coefficient (Wildman–Crippen LogP) is 3.78. The number of hydrogen-bond donors (Lipinski definition) is 2. The molecule has 0 bridgehead atoms. The molecule has 8 heteroatoms. The van der Waals surface area contributed by atoms with Crippen LogP contribution in [0, 0.1) is 0 Å². The van der Waals surface area contributed by atoms with Crippen LogP contribution in [0.1, 0.15) is 46.7 Å².